The van der Waals surface area contributed by atoms with Gasteiger partial charge in [-0.05, 0) is 50.4 Å². The van der Waals surface area contributed by atoms with Gasteiger partial charge in [0.2, 0.25) is 0 Å². The van der Waals surface area contributed by atoms with Crippen LogP contribution in [-0.2, 0) is 16.1 Å². The van der Waals surface area contributed by atoms with Gasteiger partial charge in [-0.2, -0.15) is 0 Å². The molecule has 0 amide bonds. The summed E-state index contributed by atoms with van der Waals surface area (Å²) in [6.07, 6.45) is 5.38. The SMILES string of the molecule is CCN1C2CCCC1CC(n1c(=O)c(-c3cccc(=O)n3CC(=O)OC)nc3ccccc31)C2. The second kappa shape index (κ2) is 9.18. The second-order valence-corrected chi connectivity index (χ2v) is 9.23. The molecular weight excluding hydrogens is 432 g/mol. The summed E-state index contributed by atoms with van der Waals surface area (Å²) < 4.78 is 7.94. The number of para-hydroxylation sites is 2. The minimum atomic E-state index is -0.560. The number of nitrogens with zero attached hydrogens (tertiary/aromatic N) is 4. The number of ether oxygens (including phenoxy) is 1. The Bertz CT molecular complexity index is 1330. The van der Waals surface area contributed by atoms with E-state index in [0.29, 0.717) is 23.3 Å². The first-order valence-electron chi connectivity index (χ1n) is 12.1. The fourth-order valence-corrected chi connectivity index (χ4v) is 5.94. The van der Waals surface area contributed by atoms with Crippen molar-refractivity contribution in [1.82, 2.24) is 19.0 Å². The number of fused-ring (bicyclic) bond motifs is 3. The first-order chi connectivity index (χ1) is 16.5. The van der Waals surface area contributed by atoms with Gasteiger partial charge in [-0.15, -0.1) is 0 Å². The summed E-state index contributed by atoms with van der Waals surface area (Å²) in [6, 6.07) is 13.3. The van der Waals surface area contributed by atoms with Crippen molar-refractivity contribution in [3.63, 3.8) is 0 Å². The molecule has 2 fully saturated rings. The van der Waals surface area contributed by atoms with E-state index in [2.05, 4.69) is 16.8 Å². The van der Waals surface area contributed by atoms with Crippen LogP contribution in [0.3, 0.4) is 0 Å². The van der Waals surface area contributed by atoms with Crippen LogP contribution < -0.4 is 11.1 Å². The van der Waals surface area contributed by atoms with Crippen molar-refractivity contribution in [3.05, 3.63) is 63.2 Å². The summed E-state index contributed by atoms with van der Waals surface area (Å²) >= 11 is 0. The average molecular weight is 463 g/mol. The molecule has 2 aliphatic heterocycles. The highest BCUT2D eigenvalue weighted by molar-refractivity contribution is 5.78. The Morgan fingerprint density at radius 2 is 1.76 bits per heavy atom. The smallest absolute Gasteiger partial charge is 0.325 e. The molecule has 0 N–H and O–H groups in total. The van der Waals surface area contributed by atoms with Crippen molar-refractivity contribution in [1.29, 1.82) is 0 Å². The quantitative estimate of drug-likeness (QED) is 0.542. The summed E-state index contributed by atoms with van der Waals surface area (Å²) in [4.78, 5) is 46.0. The molecular formula is C26H30N4O4. The predicted molar refractivity (Wildman–Crippen MR) is 130 cm³/mol. The van der Waals surface area contributed by atoms with Gasteiger partial charge in [0.05, 0.1) is 23.8 Å². The molecule has 34 heavy (non-hydrogen) atoms. The first kappa shape index (κ1) is 22.5. The standard InChI is InChI=1S/C26H30N4O4/c1-3-28-17-8-6-9-18(28)15-19(14-17)30-21-11-5-4-10-20(21)27-25(26(30)33)22-12-7-13-23(31)29(22)16-24(32)34-2/h4-5,7,10-13,17-19H,3,6,8-9,14-16H2,1-2H3. The Morgan fingerprint density at radius 1 is 1.03 bits per heavy atom. The number of rotatable bonds is 5. The van der Waals surface area contributed by atoms with Crippen molar-refractivity contribution in [2.75, 3.05) is 13.7 Å². The van der Waals surface area contributed by atoms with E-state index in [-0.39, 0.29) is 29.4 Å². The number of benzene rings is 1. The molecule has 0 aliphatic carbocycles. The van der Waals surface area contributed by atoms with E-state index in [1.54, 1.807) is 12.1 Å². The van der Waals surface area contributed by atoms with Gasteiger partial charge >= 0.3 is 5.97 Å². The van der Waals surface area contributed by atoms with E-state index in [9.17, 15) is 14.4 Å². The highest BCUT2D eigenvalue weighted by Crippen LogP contribution is 2.39. The van der Waals surface area contributed by atoms with Gasteiger partial charge in [0.15, 0.2) is 5.69 Å². The zero-order valence-electron chi connectivity index (χ0n) is 19.6. The van der Waals surface area contributed by atoms with E-state index < -0.39 is 5.97 Å². The molecule has 2 bridgehead atoms. The largest absolute Gasteiger partial charge is 0.468 e. The maximum absolute atomic E-state index is 14.0. The fraction of sp³-hybridized carbons (Fsp3) is 0.462. The molecule has 4 heterocycles. The summed E-state index contributed by atoms with van der Waals surface area (Å²) in [7, 11) is 1.27. The summed E-state index contributed by atoms with van der Waals surface area (Å²) in [5.41, 5.74) is 1.41. The third kappa shape index (κ3) is 3.86. The molecule has 2 atom stereocenters. The summed E-state index contributed by atoms with van der Waals surface area (Å²) in [5, 5.41) is 0. The monoisotopic (exact) mass is 462 g/mol. The Kier molecular flexibility index (Phi) is 6.08. The zero-order chi connectivity index (χ0) is 23.8. The minimum Gasteiger partial charge on any atom is -0.468 e. The highest BCUT2D eigenvalue weighted by Gasteiger charge is 2.39. The van der Waals surface area contributed by atoms with Crippen LogP contribution in [0.1, 0.15) is 45.1 Å². The molecule has 2 aromatic heterocycles. The molecule has 178 valence electrons. The molecule has 5 rings (SSSR count). The van der Waals surface area contributed by atoms with Crippen molar-refractivity contribution >= 4 is 17.0 Å². The van der Waals surface area contributed by atoms with Gasteiger partial charge in [0, 0.05) is 24.2 Å². The van der Waals surface area contributed by atoms with E-state index in [0.717, 1.165) is 37.7 Å². The lowest BCUT2D eigenvalue weighted by Gasteiger charge is -2.49. The lowest BCUT2D eigenvalue weighted by molar-refractivity contribution is -0.141. The molecule has 0 radical (unpaired) electrons. The van der Waals surface area contributed by atoms with Gasteiger partial charge < -0.3 is 9.30 Å². The molecule has 3 aromatic rings. The van der Waals surface area contributed by atoms with E-state index in [4.69, 9.17) is 4.74 Å². The molecule has 2 saturated heterocycles. The van der Waals surface area contributed by atoms with Crippen LogP contribution in [0.25, 0.3) is 22.4 Å². The van der Waals surface area contributed by atoms with Gasteiger partial charge in [-0.3, -0.25) is 23.9 Å². The third-order valence-electron chi connectivity index (χ3n) is 7.43. The molecule has 0 spiro atoms. The highest BCUT2D eigenvalue weighted by atomic mass is 16.5. The van der Waals surface area contributed by atoms with Crippen molar-refractivity contribution < 1.29 is 9.53 Å². The normalized spacial score (nSPS) is 22.6. The number of carbonyl (C=O) groups is 1. The van der Waals surface area contributed by atoms with Crippen molar-refractivity contribution in [2.24, 2.45) is 0 Å². The zero-order valence-corrected chi connectivity index (χ0v) is 19.6. The second-order valence-electron chi connectivity index (χ2n) is 9.23. The molecule has 8 nitrogen and oxygen atoms in total. The first-order valence-corrected chi connectivity index (χ1v) is 12.1. The van der Waals surface area contributed by atoms with Gasteiger partial charge in [0.25, 0.3) is 11.1 Å². The number of carbonyl (C=O) groups excluding carboxylic acids is 1. The number of aromatic nitrogens is 3. The number of hydrogen-bond donors (Lipinski definition) is 0. The van der Waals surface area contributed by atoms with Gasteiger partial charge in [-0.25, -0.2) is 4.98 Å². The number of pyridine rings is 1. The lowest BCUT2D eigenvalue weighted by atomic mass is 9.81. The number of methoxy groups -OCH3 is 1. The Labute approximate surface area is 197 Å². The van der Waals surface area contributed by atoms with Gasteiger partial charge in [-0.1, -0.05) is 31.5 Å². The van der Waals surface area contributed by atoms with Crippen molar-refractivity contribution in [2.45, 2.75) is 63.7 Å². The maximum atomic E-state index is 14.0. The van der Waals surface area contributed by atoms with E-state index in [1.165, 1.54) is 24.2 Å². The number of esters is 1. The van der Waals surface area contributed by atoms with Crippen LogP contribution in [0, 0.1) is 0 Å². The van der Waals surface area contributed by atoms with Crippen LogP contribution in [0.4, 0.5) is 0 Å². The predicted octanol–water partition coefficient (Wildman–Crippen LogP) is 2.98. The van der Waals surface area contributed by atoms with Crippen LogP contribution in [0.2, 0.25) is 0 Å². The molecule has 2 aliphatic rings. The Morgan fingerprint density at radius 3 is 2.47 bits per heavy atom. The fourth-order valence-electron chi connectivity index (χ4n) is 5.94. The van der Waals surface area contributed by atoms with Crippen LogP contribution in [0.15, 0.2) is 52.1 Å². The third-order valence-corrected chi connectivity index (χ3v) is 7.43. The van der Waals surface area contributed by atoms with Crippen LogP contribution in [-0.4, -0.2) is 50.7 Å². The number of hydrogen-bond acceptors (Lipinski definition) is 6. The molecule has 1 aromatic carbocycles. The Hall–Kier alpha value is -3.26. The van der Waals surface area contributed by atoms with Crippen LogP contribution in [0.5, 0.6) is 0 Å². The van der Waals surface area contributed by atoms with E-state index >= 15 is 0 Å². The molecule has 8 heteroatoms. The van der Waals surface area contributed by atoms with Crippen LogP contribution >= 0.6 is 0 Å². The maximum Gasteiger partial charge on any atom is 0.325 e. The Balaban J connectivity index is 1.69. The van der Waals surface area contributed by atoms with E-state index in [1.807, 2.05) is 28.8 Å². The molecule has 0 saturated carbocycles. The minimum absolute atomic E-state index is 0.0572. The van der Waals surface area contributed by atoms with Crippen molar-refractivity contribution in [3.8, 4) is 11.4 Å². The topological polar surface area (TPSA) is 86.4 Å². The average Bonchev–Trinajstić information content (AvgIpc) is 2.84. The summed E-state index contributed by atoms with van der Waals surface area (Å²) in [5.74, 6) is -0.560. The summed E-state index contributed by atoms with van der Waals surface area (Å²) in [6.45, 7) is 2.97. The molecule has 2 unspecified atom stereocenters. The number of piperidine rings is 2. The van der Waals surface area contributed by atoms with Gasteiger partial charge in [0.1, 0.15) is 6.54 Å². The lowest BCUT2D eigenvalue weighted by Crippen LogP contribution is -2.53.